The lowest BCUT2D eigenvalue weighted by atomic mass is 10.2. The van der Waals surface area contributed by atoms with Crippen molar-refractivity contribution < 1.29 is 8.42 Å². The fourth-order valence-electron chi connectivity index (χ4n) is 0.902. The summed E-state index contributed by atoms with van der Waals surface area (Å²) in [5, 5.41) is 5.03. The van der Waals surface area contributed by atoms with Crippen molar-refractivity contribution >= 4 is 48.5 Å². The van der Waals surface area contributed by atoms with Gasteiger partial charge in [0.05, 0.1) is 4.90 Å². The van der Waals surface area contributed by atoms with Gasteiger partial charge >= 0.3 is 0 Å². The topological polar surface area (TPSA) is 60.2 Å². The Bertz CT molecular complexity index is 444. The van der Waals surface area contributed by atoms with Crippen LogP contribution in [0.2, 0.25) is 0 Å². The van der Waals surface area contributed by atoms with Crippen LogP contribution in [0.25, 0.3) is 0 Å². The predicted molar refractivity (Wildman–Crippen MR) is 63.0 cm³/mol. The molecule has 6 heteroatoms. The summed E-state index contributed by atoms with van der Waals surface area (Å²) in [7, 11) is -3.63. The van der Waals surface area contributed by atoms with E-state index in [1.54, 1.807) is 0 Å². The maximum Gasteiger partial charge on any atom is 0.239 e. The van der Waals surface area contributed by atoms with Crippen molar-refractivity contribution in [1.29, 1.82) is 0 Å². The molecule has 0 aromatic heterocycles. The molecule has 0 spiro atoms. The molecule has 0 amide bonds. The van der Waals surface area contributed by atoms with Gasteiger partial charge in [0.15, 0.2) is 0 Å². The van der Waals surface area contributed by atoms with E-state index in [4.69, 9.17) is 5.14 Å². The summed E-state index contributed by atoms with van der Waals surface area (Å²) in [5.74, 6) is 0. The van der Waals surface area contributed by atoms with Crippen LogP contribution in [0.5, 0.6) is 0 Å². The SMILES string of the molecule is Cc1cc(I)cc(S(N)(=O)=O)c1Br. The quantitative estimate of drug-likeness (QED) is 0.763. The highest BCUT2D eigenvalue weighted by Crippen LogP contribution is 2.26. The number of nitrogens with two attached hydrogens (primary N) is 1. The molecule has 0 saturated heterocycles. The van der Waals surface area contributed by atoms with Crippen LogP contribution in [0.3, 0.4) is 0 Å². The van der Waals surface area contributed by atoms with Crippen molar-refractivity contribution in [2.24, 2.45) is 5.14 Å². The van der Waals surface area contributed by atoms with Crippen LogP contribution in [0.1, 0.15) is 5.56 Å². The van der Waals surface area contributed by atoms with Gasteiger partial charge in [0, 0.05) is 8.04 Å². The van der Waals surface area contributed by atoms with Gasteiger partial charge in [-0.25, -0.2) is 13.6 Å². The van der Waals surface area contributed by atoms with Crippen molar-refractivity contribution in [2.75, 3.05) is 0 Å². The summed E-state index contributed by atoms with van der Waals surface area (Å²) in [5.41, 5.74) is 0.857. The summed E-state index contributed by atoms with van der Waals surface area (Å²) < 4.78 is 23.6. The standard InChI is InChI=1S/C7H7BrINO2S/c1-4-2-5(9)3-6(7(4)8)13(10,11)12/h2-3H,1H3,(H2,10,11,12). The Morgan fingerprint density at radius 2 is 2.00 bits per heavy atom. The van der Waals surface area contributed by atoms with Crippen LogP contribution in [-0.4, -0.2) is 8.42 Å². The third kappa shape index (κ3) is 2.64. The summed E-state index contributed by atoms with van der Waals surface area (Å²) >= 11 is 5.23. The lowest BCUT2D eigenvalue weighted by Gasteiger charge is -2.05. The Kier molecular flexibility index (Phi) is 3.37. The van der Waals surface area contributed by atoms with E-state index in [0.717, 1.165) is 9.13 Å². The second kappa shape index (κ2) is 3.84. The molecule has 1 rings (SSSR count). The van der Waals surface area contributed by atoms with Crippen molar-refractivity contribution in [3.63, 3.8) is 0 Å². The fourth-order valence-corrected chi connectivity index (χ4v) is 3.50. The molecule has 0 unspecified atom stereocenters. The zero-order valence-electron chi connectivity index (χ0n) is 6.71. The molecule has 0 aliphatic carbocycles. The third-order valence-corrected chi connectivity index (χ3v) is 4.37. The highest BCUT2D eigenvalue weighted by Gasteiger charge is 2.14. The average molecular weight is 376 g/mol. The van der Waals surface area contributed by atoms with Crippen LogP contribution < -0.4 is 5.14 Å². The zero-order valence-corrected chi connectivity index (χ0v) is 11.3. The van der Waals surface area contributed by atoms with Gasteiger partial charge in [0.2, 0.25) is 10.0 Å². The van der Waals surface area contributed by atoms with Crippen LogP contribution in [0.15, 0.2) is 21.5 Å². The molecule has 0 heterocycles. The van der Waals surface area contributed by atoms with E-state index in [2.05, 4.69) is 15.9 Å². The van der Waals surface area contributed by atoms with Crippen LogP contribution in [0.4, 0.5) is 0 Å². The number of rotatable bonds is 1. The molecule has 0 radical (unpaired) electrons. The lowest BCUT2D eigenvalue weighted by Crippen LogP contribution is -2.13. The Morgan fingerprint density at radius 3 is 2.46 bits per heavy atom. The van der Waals surface area contributed by atoms with E-state index in [9.17, 15) is 8.42 Å². The first-order chi connectivity index (χ1) is 5.82. The van der Waals surface area contributed by atoms with Crippen LogP contribution >= 0.6 is 38.5 Å². The number of benzene rings is 1. The fraction of sp³-hybridized carbons (Fsp3) is 0.143. The van der Waals surface area contributed by atoms with Crippen molar-refractivity contribution in [2.45, 2.75) is 11.8 Å². The lowest BCUT2D eigenvalue weighted by molar-refractivity contribution is 0.597. The highest BCUT2D eigenvalue weighted by atomic mass is 127. The molecular formula is C7H7BrINO2S. The van der Waals surface area contributed by atoms with Gasteiger partial charge in [0.25, 0.3) is 0 Å². The smallest absolute Gasteiger partial charge is 0.225 e. The Morgan fingerprint density at radius 1 is 1.46 bits per heavy atom. The Hall–Kier alpha value is 0.340. The second-order valence-corrected chi connectivity index (χ2v) is 6.15. The summed E-state index contributed by atoms with van der Waals surface area (Å²) in [6.45, 7) is 1.82. The Labute approximate surface area is 99.0 Å². The van der Waals surface area contributed by atoms with Crippen molar-refractivity contribution in [3.8, 4) is 0 Å². The number of hydrogen-bond acceptors (Lipinski definition) is 2. The van der Waals surface area contributed by atoms with Gasteiger partial charge in [-0.2, -0.15) is 0 Å². The monoisotopic (exact) mass is 375 g/mol. The van der Waals surface area contributed by atoms with E-state index >= 15 is 0 Å². The van der Waals surface area contributed by atoms with E-state index in [1.807, 2.05) is 35.6 Å². The highest BCUT2D eigenvalue weighted by molar-refractivity contribution is 14.1. The minimum atomic E-state index is -3.63. The maximum absolute atomic E-state index is 11.1. The van der Waals surface area contributed by atoms with E-state index < -0.39 is 10.0 Å². The minimum absolute atomic E-state index is 0.136. The third-order valence-electron chi connectivity index (χ3n) is 1.49. The van der Waals surface area contributed by atoms with Gasteiger partial charge in [-0.05, 0) is 63.1 Å². The van der Waals surface area contributed by atoms with Gasteiger partial charge in [0.1, 0.15) is 0 Å². The normalized spacial score (nSPS) is 11.7. The summed E-state index contributed by atoms with van der Waals surface area (Å²) in [6, 6.07) is 3.41. The van der Waals surface area contributed by atoms with Gasteiger partial charge in [-0.15, -0.1) is 0 Å². The van der Waals surface area contributed by atoms with E-state index in [-0.39, 0.29) is 4.90 Å². The molecule has 72 valence electrons. The zero-order chi connectivity index (χ0) is 10.2. The van der Waals surface area contributed by atoms with Crippen LogP contribution in [0, 0.1) is 10.5 Å². The summed E-state index contributed by atoms with van der Waals surface area (Å²) in [6.07, 6.45) is 0. The molecule has 0 saturated carbocycles. The maximum atomic E-state index is 11.1. The Balaban J connectivity index is 3.56. The first-order valence-corrected chi connectivity index (χ1v) is 6.72. The first kappa shape index (κ1) is 11.4. The van der Waals surface area contributed by atoms with E-state index in [1.165, 1.54) is 6.07 Å². The largest absolute Gasteiger partial charge is 0.239 e. The number of hydrogen-bond donors (Lipinski definition) is 1. The molecule has 0 bridgehead atoms. The van der Waals surface area contributed by atoms with Gasteiger partial charge in [-0.1, -0.05) is 0 Å². The summed E-state index contributed by atoms with van der Waals surface area (Å²) in [4.78, 5) is 0.136. The van der Waals surface area contributed by atoms with Crippen molar-refractivity contribution in [3.05, 3.63) is 25.7 Å². The molecular weight excluding hydrogens is 369 g/mol. The van der Waals surface area contributed by atoms with Crippen LogP contribution in [-0.2, 0) is 10.0 Å². The molecule has 1 aromatic carbocycles. The number of primary sulfonamides is 1. The molecule has 2 N–H and O–H groups in total. The molecule has 0 atom stereocenters. The second-order valence-electron chi connectivity index (χ2n) is 2.58. The predicted octanol–water partition coefficient (Wildman–Crippen LogP) is 2.01. The van der Waals surface area contributed by atoms with Gasteiger partial charge < -0.3 is 0 Å². The van der Waals surface area contributed by atoms with Crippen molar-refractivity contribution in [1.82, 2.24) is 0 Å². The van der Waals surface area contributed by atoms with Gasteiger partial charge in [-0.3, -0.25) is 0 Å². The first-order valence-electron chi connectivity index (χ1n) is 3.31. The molecule has 0 aliphatic rings. The van der Waals surface area contributed by atoms with E-state index in [0.29, 0.717) is 4.47 Å². The molecule has 0 aliphatic heterocycles. The number of sulfonamides is 1. The molecule has 1 aromatic rings. The number of aryl methyl sites for hydroxylation is 1. The molecule has 3 nitrogen and oxygen atoms in total. The molecule has 13 heavy (non-hydrogen) atoms. The molecule has 0 fully saturated rings. The average Bonchev–Trinajstić information content (AvgIpc) is 1.94. The number of halogens is 2. The minimum Gasteiger partial charge on any atom is -0.225 e.